The van der Waals surface area contributed by atoms with Gasteiger partial charge >= 0.3 is 12.1 Å². The fraction of sp³-hybridized carbons (Fsp3) is 0.429. The summed E-state index contributed by atoms with van der Waals surface area (Å²) in [5, 5.41) is 21.6. The lowest BCUT2D eigenvalue weighted by Gasteiger charge is -2.23. The normalized spacial score (nSPS) is 12.2. The Hall–Kier alpha value is -3.88. The van der Waals surface area contributed by atoms with Crippen LogP contribution in [0.15, 0.2) is 65.4 Å². The second-order valence-electron chi connectivity index (χ2n) is 9.97. The van der Waals surface area contributed by atoms with Gasteiger partial charge < -0.3 is 19.5 Å². The molecule has 0 aliphatic rings. The van der Waals surface area contributed by atoms with Crippen LogP contribution in [0.4, 0.5) is 10.6 Å². The van der Waals surface area contributed by atoms with E-state index < -0.39 is 17.7 Å². The van der Waals surface area contributed by atoms with Crippen LogP contribution in [0.1, 0.15) is 69.5 Å². The molecule has 0 aliphatic heterocycles. The predicted octanol–water partition coefficient (Wildman–Crippen LogP) is 5.26. The lowest BCUT2D eigenvalue weighted by molar-refractivity contribution is -0.591. The van der Waals surface area contributed by atoms with Gasteiger partial charge in [-0.25, -0.2) is 9.71 Å². The third-order valence-electron chi connectivity index (χ3n) is 5.72. The van der Waals surface area contributed by atoms with Crippen LogP contribution in [-0.2, 0) is 22.4 Å². The van der Waals surface area contributed by atoms with Crippen molar-refractivity contribution in [1.82, 2.24) is 4.98 Å². The first-order valence-electron chi connectivity index (χ1n) is 12.5. The van der Waals surface area contributed by atoms with Gasteiger partial charge in [0, 0.05) is 18.4 Å². The molecule has 0 aliphatic carbocycles. The number of unbranched alkanes of at least 4 members (excludes halogenated alkanes) is 2. The first kappa shape index (κ1) is 27.7. The summed E-state index contributed by atoms with van der Waals surface area (Å²) in [5.41, 5.74) is 1.07. The molecule has 0 spiro atoms. The molecule has 9 heteroatoms. The van der Waals surface area contributed by atoms with E-state index in [-0.39, 0.29) is 18.2 Å². The van der Waals surface area contributed by atoms with Crippen LogP contribution in [0.3, 0.4) is 0 Å². The highest BCUT2D eigenvalue weighted by atomic mass is 16.6. The Morgan fingerprint density at radius 1 is 1.11 bits per heavy atom. The number of hydrogen-bond acceptors (Lipinski definition) is 6. The number of anilines is 1. The summed E-state index contributed by atoms with van der Waals surface area (Å²) in [6.07, 6.45) is 5.82. The number of hydrogen-bond donors (Lipinski definition) is 1. The maximum atomic E-state index is 12.7. The highest BCUT2D eigenvalue weighted by Crippen LogP contribution is 2.24. The number of aromatic nitrogens is 2. The van der Waals surface area contributed by atoms with Gasteiger partial charge in [-0.05, 0) is 58.1 Å². The minimum Gasteiger partial charge on any atom is -0.711 e. The Labute approximate surface area is 217 Å². The van der Waals surface area contributed by atoms with Crippen molar-refractivity contribution in [2.45, 2.75) is 70.8 Å². The fourth-order valence-electron chi connectivity index (χ4n) is 4.01. The van der Waals surface area contributed by atoms with Gasteiger partial charge in [0.25, 0.3) is 5.82 Å². The number of benzene rings is 1. The van der Waals surface area contributed by atoms with E-state index in [9.17, 15) is 19.9 Å². The number of nitrogens with zero attached hydrogens (tertiary/aromatic N) is 3. The molecule has 0 bridgehead atoms. The molecule has 198 valence electrons. The van der Waals surface area contributed by atoms with E-state index in [4.69, 9.17) is 9.15 Å². The Morgan fingerprint density at radius 3 is 2.51 bits per heavy atom. The summed E-state index contributed by atoms with van der Waals surface area (Å²) >= 11 is 0. The van der Waals surface area contributed by atoms with E-state index in [1.54, 1.807) is 45.2 Å². The number of oxazole rings is 1. The van der Waals surface area contributed by atoms with Gasteiger partial charge in [-0.15, -0.1) is 0 Å². The van der Waals surface area contributed by atoms with Crippen LogP contribution in [-0.4, -0.2) is 34.3 Å². The molecule has 1 unspecified atom stereocenters. The summed E-state index contributed by atoms with van der Waals surface area (Å²) in [6.45, 7) is 5.71. The number of aryl methyl sites for hydroxylation is 1. The minimum atomic E-state index is -0.862. The Bertz CT molecular complexity index is 1160. The lowest BCUT2D eigenvalue weighted by Crippen LogP contribution is -2.44. The standard InChI is InChI=1S/C28H35N3O6/c1-28(2,3)37-27(34)30(25-15-9-11-17-31(25)35)16-10-5-8-14-23-20-36-24(29-23)18-22(19-26(32)33)21-12-6-4-7-13-21/h4,6-7,9,11-13,15,17,20,22H,5,8,10,14,16,18-19H2,1-3H3,(H,32,33). The molecule has 1 amide bonds. The zero-order valence-electron chi connectivity index (χ0n) is 21.6. The van der Waals surface area contributed by atoms with Crippen molar-refractivity contribution in [2.24, 2.45) is 0 Å². The lowest BCUT2D eigenvalue weighted by atomic mass is 9.92. The fourth-order valence-corrected chi connectivity index (χ4v) is 4.01. The molecule has 37 heavy (non-hydrogen) atoms. The number of carboxylic acids is 1. The zero-order valence-corrected chi connectivity index (χ0v) is 21.6. The molecule has 0 radical (unpaired) electrons. The van der Waals surface area contributed by atoms with Gasteiger partial charge in [0.15, 0.2) is 5.89 Å². The number of carbonyl (C=O) groups excluding carboxylic acids is 1. The van der Waals surface area contributed by atoms with Crippen molar-refractivity contribution in [3.63, 3.8) is 0 Å². The molecule has 1 atom stereocenters. The summed E-state index contributed by atoms with van der Waals surface area (Å²) in [4.78, 5) is 30.0. The highest BCUT2D eigenvalue weighted by Gasteiger charge is 2.30. The number of rotatable bonds is 12. The molecule has 0 saturated heterocycles. The largest absolute Gasteiger partial charge is 0.711 e. The first-order valence-corrected chi connectivity index (χ1v) is 12.5. The van der Waals surface area contributed by atoms with Crippen molar-refractivity contribution < 1.29 is 28.6 Å². The van der Waals surface area contributed by atoms with Gasteiger partial charge in [-0.2, -0.15) is 9.69 Å². The van der Waals surface area contributed by atoms with E-state index in [1.807, 2.05) is 30.3 Å². The van der Waals surface area contributed by atoms with Crippen LogP contribution < -0.4 is 9.63 Å². The molecule has 2 heterocycles. The molecule has 3 aromatic rings. The molecule has 1 N–H and O–H groups in total. The number of carbonyl (C=O) groups is 2. The first-order chi connectivity index (χ1) is 17.6. The highest BCUT2D eigenvalue weighted by molar-refractivity contribution is 5.85. The second kappa shape index (κ2) is 12.9. The molecule has 9 nitrogen and oxygen atoms in total. The molecule has 1 aromatic carbocycles. The quantitative estimate of drug-likeness (QED) is 0.201. The van der Waals surface area contributed by atoms with Gasteiger partial charge in [-0.1, -0.05) is 36.4 Å². The predicted molar refractivity (Wildman–Crippen MR) is 138 cm³/mol. The van der Waals surface area contributed by atoms with Gasteiger partial charge in [0.05, 0.1) is 24.9 Å². The molecule has 3 rings (SSSR count). The molecule has 0 fully saturated rings. The molecular weight excluding hydrogens is 474 g/mol. The number of aliphatic carboxylic acids is 1. The number of carboxylic acid groups (broad SMARTS) is 1. The average Bonchev–Trinajstić information content (AvgIpc) is 3.28. The molecular formula is C28H35N3O6. The molecule has 2 aromatic heterocycles. The average molecular weight is 510 g/mol. The van der Waals surface area contributed by atoms with Crippen LogP contribution in [0.5, 0.6) is 0 Å². The summed E-state index contributed by atoms with van der Waals surface area (Å²) in [5.74, 6) is -0.331. The number of amides is 1. The maximum Gasteiger partial charge on any atom is 0.507 e. The Morgan fingerprint density at radius 2 is 1.84 bits per heavy atom. The van der Waals surface area contributed by atoms with Crippen molar-refractivity contribution in [3.05, 3.63) is 83.3 Å². The van der Waals surface area contributed by atoms with E-state index in [1.165, 1.54) is 11.1 Å². The minimum absolute atomic E-state index is 0.000644. The van der Waals surface area contributed by atoms with Crippen LogP contribution >= 0.6 is 0 Å². The summed E-state index contributed by atoms with van der Waals surface area (Å²) in [7, 11) is 0. The van der Waals surface area contributed by atoms with Crippen LogP contribution in [0.25, 0.3) is 0 Å². The van der Waals surface area contributed by atoms with E-state index in [2.05, 4.69) is 4.98 Å². The zero-order chi connectivity index (χ0) is 26.8. The SMILES string of the molecule is CC(C)(C)OC(=O)N(CCCCCc1coc(CC(CC(=O)O)c2ccccc2)n1)c1cccc[n+]1[O-]. The maximum absolute atomic E-state index is 12.7. The van der Waals surface area contributed by atoms with Gasteiger partial charge in [0.1, 0.15) is 11.9 Å². The van der Waals surface area contributed by atoms with Crippen molar-refractivity contribution >= 4 is 17.9 Å². The smallest absolute Gasteiger partial charge is 0.507 e. The Balaban J connectivity index is 1.52. The summed E-state index contributed by atoms with van der Waals surface area (Å²) in [6, 6.07) is 14.4. The Kier molecular flexibility index (Phi) is 9.65. The second-order valence-corrected chi connectivity index (χ2v) is 9.97. The van der Waals surface area contributed by atoms with Gasteiger partial charge in [0.2, 0.25) is 0 Å². The van der Waals surface area contributed by atoms with Crippen LogP contribution in [0.2, 0.25) is 0 Å². The van der Waals surface area contributed by atoms with Gasteiger partial charge in [-0.3, -0.25) is 4.79 Å². The van der Waals surface area contributed by atoms with Crippen LogP contribution in [0, 0.1) is 5.21 Å². The van der Waals surface area contributed by atoms with Crippen molar-refractivity contribution in [1.29, 1.82) is 0 Å². The number of ether oxygens (including phenoxy) is 1. The topological polar surface area (TPSA) is 120 Å². The summed E-state index contributed by atoms with van der Waals surface area (Å²) < 4.78 is 11.8. The van der Waals surface area contributed by atoms with Crippen molar-refractivity contribution in [2.75, 3.05) is 11.4 Å². The monoisotopic (exact) mass is 509 g/mol. The van der Waals surface area contributed by atoms with E-state index >= 15 is 0 Å². The third kappa shape index (κ3) is 8.93. The third-order valence-corrected chi connectivity index (χ3v) is 5.72. The number of pyridine rings is 1. The van der Waals surface area contributed by atoms with Crippen molar-refractivity contribution in [3.8, 4) is 0 Å². The van der Waals surface area contributed by atoms with E-state index in [0.717, 1.165) is 24.1 Å². The molecule has 0 saturated carbocycles. The van der Waals surface area contributed by atoms with E-state index in [0.29, 0.717) is 36.4 Å².